The maximum Gasteiger partial charge on any atom is 0.253 e. The fourth-order valence-electron chi connectivity index (χ4n) is 2.47. The van der Waals surface area contributed by atoms with E-state index in [4.69, 9.17) is 11.6 Å². The number of hydrogen-bond acceptors (Lipinski definition) is 7. The van der Waals surface area contributed by atoms with E-state index >= 15 is 0 Å². The molecule has 0 aliphatic rings. The fourth-order valence-corrected chi connectivity index (χ4v) is 4.22. The van der Waals surface area contributed by atoms with Crippen LogP contribution in [0.2, 0.25) is 5.02 Å². The summed E-state index contributed by atoms with van der Waals surface area (Å²) in [5, 5.41) is 17.3. The average Bonchev–Trinajstić information content (AvgIpc) is 3.30. The second kappa shape index (κ2) is 9.86. The maximum atomic E-state index is 12.3. The van der Waals surface area contributed by atoms with Gasteiger partial charge in [-0.3, -0.25) is 9.59 Å². The van der Waals surface area contributed by atoms with Crippen molar-refractivity contribution in [2.45, 2.75) is 32.1 Å². The number of carbonyl (C=O) groups excluding carboxylic acids is 2. The molecule has 0 aliphatic heterocycles. The average molecular weight is 451 g/mol. The molecule has 2 N–H and O–H groups in total. The summed E-state index contributed by atoms with van der Waals surface area (Å²) in [6.07, 6.45) is 0. The summed E-state index contributed by atoms with van der Waals surface area (Å²) in [5.74, 6) is 0.339. The number of benzene rings is 1. The fraction of sp³-hybridized carbons (Fsp3) is 0.278. The normalized spacial score (nSPS) is 10.7. The van der Waals surface area contributed by atoms with Gasteiger partial charge in [0.05, 0.1) is 28.6 Å². The molecule has 0 atom stereocenters. The minimum absolute atomic E-state index is 0.163. The minimum Gasteiger partial charge on any atom is -0.345 e. The number of carbonyl (C=O) groups is 2. The third-order valence-corrected chi connectivity index (χ3v) is 6.00. The molecule has 8 nitrogen and oxygen atoms in total. The van der Waals surface area contributed by atoms with Crippen LogP contribution in [0.1, 0.15) is 28.8 Å². The molecule has 11 heteroatoms. The smallest absolute Gasteiger partial charge is 0.253 e. The minimum atomic E-state index is -0.284. The number of hydrogen-bond donors (Lipinski definition) is 2. The van der Waals surface area contributed by atoms with Crippen LogP contribution in [0, 0.1) is 6.92 Å². The number of aryl methyl sites for hydroxylation is 1. The summed E-state index contributed by atoms with van der Waals surface area (Å²) in [6, 6.07) is 6.84. The summed E-state index contributed by atoms with van der Waals surface area (Å²) in [5.41, 5.74) is 1.27. The van der Waals surface area contributed by atoms with Crippen LogP contribution in [-0.2, 0) is 17.9 Å². The van der Waals surface area contributed by atoms with Gasteiger partial charge in [0.15, 0.2) is 16.1 Å². The largest absolute Gasteiger partial charge is 0.345 e. The number of thioether (sulfide) groups is 1. The Kier molecular flexibility index (Phi) is 7.24. The zero-order valence-corrected chi connectivity index (χ0v) is 18.2. The molecule has 2 amide bonds. The van der Waals surface area contributed by atoms with Crippen LogP contribution in [0.25, 0.3) is 0 Å². The monoisotopic (exact) mass is 450 g/mol. The quantitative estimate of drug-likeness (QED) is 0.510. The Balaban J connectivity index is 1.57. The van der Waals surface area contributed by atoms with E-state index in [0.717, 1.165) is 5.69 Å². The third-order valence-electron chi connectivity index (χ3n) is 3.83. The molecular formula is C18H19ClN6O2S2. The molecule has 0 saturated heterocycles. The molecule has 0 aliphatic carbocycles. The van der Waals surface area contributed by atoms with Gasteiger partial charge < -0.3 is 15.2 Å². The number of amides is 2. The number of aromatic nitrogens is 4. The lowest BCUT2D eigenvalue weighted by molar-refractivity contribution is -0.113. The van der Waals surface area contributed by atoms with E-state index in [9.17, 15) is 9.59 Å². The predicted molar refractivity (Wildman–Crippen MR) is 115 cm³/mol. The van der Waals surface area contributed by atoms with Gasteiger partial charge in [-0.2, -0.15) is 0 Å². The number of anilines is 1. The molecule has 0 spiro atoms. The molecule has 1 aromatic carbocycles. The summed E-state index contributed by atoms with van der Waals surface area (Å²) >= 11 is 8.72. The SMILES string of the molecule is CCn1c(CNC(=O)c2ccccc2Cl)nnc1SCC(=O)Nc1nc(C)cs1. The van der Waals surface area contributed by atoms with Crippen molar-refractivity contribution in [1.82, 2.24) is 25.1 Å². The lowest BCUT2D eigenvalue weighted by Crippen LogP contribution is -2.25. The number of nitrogens with zero attached hydrogens (tertiary/aromatic N) is 4. The van der Waals surface area contributed by atoms with Crippen LogP contribution < -0.4 is 10.6 Å². The molecule has 3 aromatic rings. The molecule has 2 aromatic heterocycles. The van der Waals surface area contributed by atoms with Crippen molar-refractivity contribution in [3.05, 3.63) is 51.7 Å². The van der Waals surface area contributed by atoms with Crippen LogP contribution in [0.4, 0.5) is 5.13 Å². The number of rotatable bonds is 8. The van der Waals surface area contributed by atoms with Gasteiger partial charge in [0.2, 0.25) is 5.91 Å². The first kappa shape index (κ1) is 21.3. The molecule has 0 saturated carbocycles. The molecule has 0 unspecified atom stereocenters. The van der Waals surface area contributed by atoms with E-state index in [2.05, 4.69) is 25.8 Å². The van der Waals surface area contributed by atoms with Gasteiger partial charge >= 0.3 is 0 Å². The van der Waals surface area contributed by atoms with Crippen LogP contribution in [0.3, 0.4) is 0 Å². The number of nitrogens with one attached hydrogen (secondary N) is 2. The Morgan fingerprint density at radius 2 is 2.07 bits per heavy atom. The second-order valence-corrected chi connectivity index (χ2v) is 8.14. The number of thiazole rings is 1. The Bertz CT molecular complexity index is 1020. The predicted octanol–water partition coefficient (Wildman–Crippen LogP) is 3.38. The molecule has 152 valence electrons. The first-order valence-corrected chi connectivity index (χ1v) is 11.0. The summed E-state index contributed by atoms with van der Waals surface area (Å²) in [6.45, 7) is 4.64. The zero-order valence-electron chi connectivity index (χ0n) is 15.8. The van der Waals surface area contributed by atoms with E-state index in [-0.39, 0.29) is 24.1 Å². The lowest BCUT2D eigenvalue weighted by Gasteiger charge is -2.09. The summed E-state index contributed by atoms with van der Waals surface area (Å²) in [4.78, 5) is 28.6. The molecule has 2 heterocycles. The van der Waals surface area contributed by atoms with E-state index in [0.29, 0.717) is 33.2 Å². The van der Waals surface area contributed by atoms with Crippen molar-refractivity contribution >= 4 is 51.6 Å². The van der Waals surface area contributed by atoms with Crippen LogP contribution in [-0.4, -0.2) is 37.3 Å². The van der Waals surface area contributed by atoms with E-state index < -0.39 is 0 Å². The van der Waals surface area contributed by atoms with Gasteiger partial charge in [0, 0.05) is 11.9 Å². The summed E-state index contributed by atoms with van der Waals surface area (Å²) in [7, 11) is 0. The Hall–Kier alpha value is -2.43. The van der Waals surface area contributed by atoms with Gasteiger partial charge in [0.1, 0.15) is 0 Å². The first-order valence-electron chi connectivity index (χ1n) is 8.77. The molecular weight excluding hydrogens is 432 g/mol. The first-order chi connectivity index (χ1) is 14.0. The highest BCUT2D eigenvalue weighted by Gasteiger charge is 2.16. The number of halogens is 1. The Labute approximate surface area is 181 Å². The van der Waals surface area contributed by atoms with Crippen molar-refractivity contribution < 1.29 is 9.59 Å². The molecule has 0 bridgehead atoms. The van der Waals surface area contributed by atoms with Crippen LogP contribution in [0.15, 0.2) is 34.8 Å². The van der Waals surface area contributed by atoms with Gasteiger partial charge in [-0.1, -0.05) is 35.5 Å². The van der Waals surface area contributed by atoms with Crippen LogP contribution in [0.5, 0.6) is 0 Å². The van der Waals surface area contributed by atoms with Crippen molar-refractivity contribution in [2.24, 2.45) is 0 Å². The molecule has 0 fully saturated rings. The topological polar surface area (TPSA) is 102 Å². The van der Waals surface area contributed by atoms with Gasteiger partial charge in [0.25, 0.3) is 5.91 Å². The van der Waals surface area contributed by atoms with E-state index in [1.165, 1.54) is 23.1 Å². The van der Waals surface area contributed by atoms with Crippen molar-refractivity contribution in [3.63, 3.8) is 0 Å². The zero-order chi connectivity index (χ0) is 20.8. The Morgan fingerprint density at radius 3 is 2.76 bits per heavy atom. The van der Waals surface area contributed by atoms with Crippen molar-refractivity contribution in [2.75, 3.05) is 11.1 Å². The van der Waals surface area contributed by atoms with E-state index in [1.807, 2.05) is 23.8 Å². The maximum absolute atomic E-state index is 12.3. The molecule has 0 radical (unpaired) electrons. The Morgan fingerprint density at radius 1 is 1.28 bits per heavy atom. The van der Waals surface area contributed by atoms with Crippen LogP contribution >= 0.6 is 34.7 Å². The van der Waals surface area contributed by atoms with Gasteiger partial charge in [-0.05, 0) is 26.0 Å². The van der Waals surface area contributed by atoms with Gasteiger partial charge in [-0.15, -0.1) is 21.5 Å². The standard InChI is InChI=1S/C18H19ClN6O2S2/c1-3-25-14(8-20-16(27)12-6-4-5-7-13(12)19)23-24-18(25)29-10-15(26)22-17-21-11(2)9-28-17/h4-7,9H,3,8,10H2,1-2H3,(H,20,27)(H,21,22,26). The molecule has 3 rings (SSSR count). The summed E-state index contributed by atoms with van der Waals surface area (Å²) < 4.78 is 1.86. The highest BCUT2D eigenvalue weighted by atomic mass is 35.5. The second-order valence-electron chi connectivity index (χ2n) is 5.94. The highest BCUT2D eigenvalue weighted by molar-refractivity contribution is 7.99. The van der Waals surface area contributed by atoms with E-state index in [1.54, 1.807) is 24.3 Å². The van der Waals surface area contributed by atoms with Crippen molar-refractivity contribution in [1.29, 1.82) is 0 Å². The molecule has 29 heavy (non-hydrogen) atoms. The highest BCUT2D eigenvalue weighted by Crippen LogP contribution is 2.19. The van der Waals surface area contributed by atoms with Crippen molar-refractivity contribution in [3.8, 4) is 0 Å². The van der Waals surface area contributed by atoms with Gasteiger partial charge in [-0.25, -0.2) is 4.98 Å². The third kappa shape index (κ3) is 5.55. The lowest BCUT2D eigenvalue weighted by atomic mass is 10.2.